The first-order valence-corrected chi connectivity index (χ1v) is 43.4. The van der Waals surface area contributed by atoms with Crippen LogP contribution in [0.2, 0.25) is 0 Å². The molecule has 0 spiro atoms. The number of aliphatic hydroxyl groups excluding tert-OH is 1. The van der Waals surface area contributed by atoms with Gasteiger partial charge in [-0.05, 0) is 191 Å². The van der Waals surface area contributed by atoms with Gasteiger partial charge in [0.05, 0.1) is 30.8 Å². The molecule has 130 heavy (non-hydrogen) atoms. The van der Waals surface area contributed by atoms with Crippen LogP contribution >= 0.6 is 11.8 Å². The maximum absolute atomic E-state index is 14.5. The summed E-state index contributed by atoms with van der Waals surface area (Å²) < 4.78 is 6.04. The third-order valence-corrected chi connectivity index (χ3v) is 23.8. The van der Waals surface area contributed by atoms with Crippen LogP contribution in [0.3, 0.4) is 0 Å². The van der Waals surface area contributed by atoms with Crippen molar-refractivity contribution in [3.05, 3.63) is 183 Å². The smallest absolute Gasteiger partial charge is 0.336 e. The molecule has 680 valence electrons. The van der Waals surface area contributed by atoms with Crippen molar-refractivity contribution >= 4 is 146 Å². The lowest BCUT2D eigenvalue weighted by molar-refractivity contribution is -0.131. The average molecular weight is 1800 g/mol. The number of carboxylic acids is 1. The number of rotatable bonds is 27. The van der Waals surface area contributed by atoms with Crippen molar-refractivity contribution in [3.8, 4) is 33.9 Å². The van der Waals surface area contributed by atoms with E-state index in [4.69, 9.17) is 42.3 Å². The summed E-state index contributed by atoms with van der Waals surface area (Å²) in [4.78, 5) is 209. The van der Waals surface area contributed by atoms with Crippen molar-refractivity contribution in [3.63, 3.8) is 0 Å². The number of anilines is 8. The summed E-state index contributed by atoms with van der Waals surface area (Å²) in [6, 6.07) is 26.0. The highest BCUT2D eigenvalue weighted by atomic mass is 32.2. The van der Waals surface area contributed by atoms with Crippen LogP contribution in [0.25, 0.3) is 33.4 Å². The molecule has 6 aliphatic rings. The molecule has 12 amide bonds. The molecule has 13 rings (SSSR count). The number of aromatic hydroxyl groups is 2. The van der Waals surface area contributed by atoms with Gasteiger partial charge in [0.25, 0.3) is 11.8 Å². The summed E-state index contributed by atoms with van der Waals surface area (Å²) >= 11 is 1.20. The predicted octanol–water partition coefficient (Wildman–Crippen LogP) is 3.08. The number of nitrogens with zero attached hydrogens (tertiary/aromatic N) is 5. The Labute approximate surface area is 747 Å². The molecule has 2 fully saturated rings. The molecular weight excluding hydrogens is 1700 g/mol. The fourth-order valence-corrected chi connectivity index (χ4v) is 16.7. The number of piperidine rings is 2. The second kappa shape index (κ2) is 42.6. The van der Waals surface area contributed by atoms with E-state index in [1.807, 2.05) is 9.80 Å². The van der Waals surface area contributed by atoms with Crippen molar-refractivity contribution in [1.82, 2.24) is 52.2 Å². The quantitative estimate of drug-likeness (QED) is 0.0260. The van der Waals surface area contributed by atoms with Crippen LogP contribution in [0.1, 0.15) is 122 Å². The van der Waals surface area contributed by atoms with Crippen LogP contribution < -0.4 is 102 Å². The lowest BCUT2D eigenvalue weighted by Gasteiger charge is -2.34. The van der Waals surface area contributed by atoms with Gasteiger partial charge in [0, 0.05) is 131 Å². The van der Waals surface area contributed by atoms with E-state index >= 15 is 0 Å². The third kappa shape index (κ3) is 23.5. The number of hydrogen-bond donors (Lipinski definition) is 20. The SMILES string of the molecule is NCCCC[C@@H]1NC(=O)c2cc(NC(=O)CNC(=O)C3CCN(c4nc(Nc5ccc(-c6c7ccc(=O)cc-7oc7cc(O)ccc67)c(C(=O)O)c5)nc(N5CCC(C(=O)NCC(=O)Nc6ccc7c(c6)C(=O)N[C@@H](CCCCN)C(=O)N[C@@H](CO)C(=O)Nc6cc(C(N)=O)ccc6CN7)CC5)n4)CC3)ccc2CSC[C@@H](C(N)=O)NC(=O)[C@H](Cc2ccc(O)cc2)NC1=O. The van der Waals surface area contributed by atoms with E-state index in [2.05, 4.69) is 63.8 Å². The topological polar surface area (TPSA) is 627 Å². The lowest BCUT2D eigenvalue weighted by Crippen LogP contribution is -2.57. The third-order valence-electron chi connectivity index (χ3n) is 22.7. The molecule has 41 heteroatoms. The van der Waals surface area contributed by atoms with E-state index in [0.717, 1.165) is 0 Å². The van der Waals surface area contributed by atoms with Gasteiger partial charge in [0.15, 0.2) is 5.43 Å². The van der Waals surface area contributed by atoms with Crippen LogP contribution in [0, 0.1) is 11.8 Å². The van der Waals surface area contributed by atoms with E-state index in [1.54, 1.807) is 42.5 Å². The molecule has 7 aromatic rings. The van der Waals surface area contributed by atoms with Gasteiger partial charge in [-0.15, -0.1) is 0 Å². The summed E-state index contributed by atoms with van der Waals surface area (Å²) in [6.45, 7) is -0.432. The molecule has 6 aromatic carbocycles. The summed E-state index contributed by atoms with van der Waals surface area (Å²) in [5.41, 5.74) is 26.0. The number of aromatic carboxylic acids is 1. The number of nitrogens with one attached hydrogen (secondary N) is 12. The number of amides is 12. The zero-order valence-electron chi connectivity index (χ0n) is 70.4. The highest BCUT2D eigenvalue weighted by Gasteiger charge is 2.36. The van der Waals surface area contributed by atoms with E-state index in [9.17, 15) is 87.5 Å². The molecule has 5 atom stereocenters. The van der Waals surface area contributed by atoms with Gasteiger partial charge >= 0.3 is 5.97 Å². The number of benzene rings is 7. The fraction of sp³-hybridized carbons (Fsp3) is 0.337. The molecule has 1 aliphatic carbocycles. The number of nitrogens with two attached hydrogens (primary N) is 4. The second-order valence-electron chi connectivity index (χ2n) is 31.8. The number of primary amides is 2. The molecule has 0 saturated carbocycles. The van der Waals surface area contributed by atoms with E-state index in [-0.39, 0.29) is 198 Å². The van der Waals surface area contributed by atoms with Crippen molar-refractivity contribution in [1.29, 1.82) is 0 Å². The van der Waals surface area contributed by atoms with E-state index in [1.165, 1.54) is 103 Å². The van der Waals surface area contributed by atoms with Crippen LogP contribution in [0.5, 0.6) is 11.5 Å². The Morgan fingerprint density at radius 1 is 0.538 bits per heavy atom. The highest BCUT2D eigenvalue weighted by molar-refractivity contribution is 7.98. The normalized spacial score (nSPS) is 17.9. The monoisotopic (exact) mass is 1800 g/mol. The molecule has 24 N–H and O–H groups in total. The number of carbonyl (C=O) groups is 13. The number of aliphatic hydroxyl groups is 1. The Hall–Kier alpha value is -14.8. The molecule has 0 radical (unpaired) electrons. The first kappa shape index (κ1) is 92.8. The summed E-state index contributed by atoms with van der Waals surface area (Å²) in [5.74, 6) is -10.5. The van der Waals surface area contributed by atoms with Gasteiger partial charge in [-0.1, -0.05) is 30.3 Å². The molecule has 2 saturated heterocycles. The molecule has 40 nitrogen and oxygen atoms in total. The van der Waals surface area contributed by atoms with Gasteiger partial charge in [-0.3, -0.25) is 62.3 Å². The first-order valence-electron chi connectivity index (χ1n) is 42.2. The first-order chi connectivity index (χ1) is 62.5. The molecular formula is C89H99N21O19S. The number of thioether (sulfide) groups is 1. The van der Waals surface area contributed by atoms with Gasteiger partial charge in [-0.2, -0.15) is 26.7 Å². The Kier molecular flexibility index (Phi) is 30.4. The predicted molar refractivity (Wildman–Crippen MR) is 482 cm³/mol. The van der Waals surface area contributed by atoms with Crippen molar-refractivity contribution < 1.29 is 87.2 Å². The highest BCUT2D eigenvalue weighted by Crippen LogP contribution is 2.43. The van der Waals surface area contributed by atoms with Crippen LogP contribution in [0.15, 0.2) is 143 Å². The van der Waals surface area contributed by atoms with Crippen LogP contribution in [0.4, 0.5) is 46.3 Å². The van der Waals surface area contributed by atoms with Gasteiger partial charge in [-0.25, -0.2) is 4.79 Å². The Morgan fingerprint density at radius 3 is 1.71 bits per heavy atom. The molecule has 6 heterocycles. The van der Waals surface area contributed by atoms with Crippen LogP contribution in [-0.2, 0) is 61.9 Å². The van der Waals surface area contributed by atoms with E-state index < -0.39 is 139 Å². The minimum Gasteiger partial charge on any atom is -0.508 e. The van der Waals surface area contributed by atoms with Crippen molar-refractivity contribution in [2.24, 2.45) is 34.8 Å². The van der Waals surface area contributed by atoms with E-state index in [0.29, 0.717) is 65.4 Å². The number of aromatic nitrogens is 3. The lowest BCUT2D eigenvalue weighted by atomic mass is 9.90. The zero-order chi connectivity index (χ0) is 92.4. The maximum atomic E-state index is 14.5. The fourth-order valence-electron chi connectivity index (χ4n) is 15.6. The molecule has 1 aromatic heterocycles. The summed E-state index contributed by atoms with van der Waals surface area (Å²) in [6.07, 6.45) is 2.92. The van der Waals surface area contributed by atoms with Crippen molar-refractivity contribution in [2.45, 2.75) is 113 Å². The van der Waals surface area contributed by atoms with Gasteiger partial charge < -0.3 is 121 Å². The number of carbonyl (C=O) groups excluding carboxylic acids is 12. The van der Waals surface area contributed by atoms with Gasteiger partial charge in [0.1, 0.15) is 53.1 Å². The largest absolute Gasteiger partial charge is 0.508 e. The van der Waals surface area contributed by atoms with Gasteiger partial charge in [0.2, 0.25) is 76.9 Å². The summed E-state index contributed by atoms with van der Waals surface area (Å²) in [5, 5.41) is 75.4. The minimum atomic E-state index is -1.48. The Morgan fingerprint density at radius 2 is 1.11 bits per heavy atom. The standard InChI is InChI=1S/C89H99N21O19S/c90-27-3-1-5-65-82(123)103-68(33-46-7-15-55(112)16-8-46)84(125)105-70(77(93)118)45-130-44-51-11-12-52(35-61(51)80(121)100-65)97-73(115)41-95-78(119)47-23-29-109(30-24-47)88-106-87(99-54-13-19-58(62(36-54)86(127)128)75-59-20-17-56(113)38-71(59)129-72-39-57(114)18-21-60(72)75)107-89(108-88)110-31-25-48(26-32-110)79(120)96-42-74(116)98-53-14-22-64-63(37-53)81(122)101-66(6-2-4-28-91)83(124)104-69(43-111)85(126)102-67-34-49(76(92)117)9-10-50(67)40-94-64/h7-22,34-39,47-48,65-66,68-70,94,111-113H,1-6,23-33,40-45,90-91H2,(H2,92,117)(H2,93,118)(H,95,119)(H,96,120)(H,97,115)(H,98,116)(H,100,121)(H,101,122)(H,102,126)(H,103,123)(H,104,124)(H,105,125)(H,127,128)(H,99,106,107,108)/t65-,66-,68-,69-,70-/m0/s1. The molecule has 0 bridgehead atoms. The minimum absolute atomic E-state index is 0.0218. The number of carboxylic acid groups (broad SMARTS) is 1. The van der Waals surface area contributed by atoms with Crippen LogP contribution in [-0.4, -0.2) is 207 Å². The Bertz CT molecular complexity index is 5860. The molecule has 0 unspecified atom stereocenters. The number of phenolic OH excluding ortho intramolecular Hbond substituents is 2. The number of fused-ring (bicyclic) bond motifs is 5. The number of phenols is 2. The Balaban J connectivity index is 0.687. The maximum Gasteiger partial charge on any atom is 0.336 e. The zero-order valence-corrected chi connectivity index (χ0v) is 71.2. The average Bonchev–Trinajstić information content (AvgIpc) is 0.744. The molecule has 5 aliphatic heterocycles. The number of unbranched alkanes of at least 4 members (excludes halogenated alkanes) is 2. The number of hydrogen-bond acceptors (Lipinski definition) is 28. The summed E-state index contributed by atoms with van der Waals surface area (Å²) in [7, 11) is 0. The second-order valence-corrected chi connectivity index (χ2v) is 32.8. The van der Waals surface area contributed by atoms with Crippen molar-refractivity contribution in [2.75, 3.05) is 101 Å².